The minimum absolute atomic E-state index is 0. The van der Waals surface area contributed by atoms with Gasteiger partial charge in [0, 0.05) is 39.1 Å². The molecule has 0 saturated heterocycles. The quantitative estimate of drug-likeness (QED) is 0.884. The Morgan fingerprint density at radius 3 is 1.94 bits per heavy atom. The number of carboxylic acids is 1. The SMILES string of the molecule is O=C(O)CCc1cc[c-]cc1.[Y].[c-]1ccccc1. The minimum atomic E-state index is -0.752. The summed E-state index contributed by atoms with van der Waals surface area (Å²) >= 11 is 0. The standard InChI is InChI=1S/C9H9O2.C6H5.Y/c10-9(11)7-6-8-4-2-1-3-5-8;1-2-4-6-5-3-1;/h2-5H,6-7H2,(H,10,11);1-5H;/q2*-1;. The van der Waals surface area contributed by atoms with Crippen LogP contribution >= 0.6 is 0 Å². The number of carbonyl (C=O) groups is 1. The zero-order valence-electron chi connectivity index (χ0n) is 10.0. The van der Waals surface area contributed by atoms with E-state index in [2.05, 4.69) is 12.1 Å². The molecule has 91 valence electrons. The third-order valence-corrected chi connectivity index (χ3v) is 2.02. The molecule has 2 nitrogen and oxygen atoms in total. The first-order chi connectivity index (χ1) is 8.29. The molecule has 0 fully saturated rings. The maximum absolute atomic E-state index is 10.2. The Bertz CT molecular complexity index is 388. The summed E-state index contributed by atoms with van der Waals surface area (Å²) in [6, 6.07) is 22.7. The van der Waals surface area contributed by atoms with Crippen LogP contribution in [0.4, 0.5) is 0 Å². The molecule has 1 N–H and O–H groups in total. The second-order valence-electron chi connectivity index (χ2n) is 3.38. The van der Waals surface area contributed by atoms with E-state index in [-0.39, 0.29) is 39.1 Å². The third-order valence-electron chi connectivity index (χ3n) is 2.02. The average molecular weight is 315 g/mol. The summed E-state index contributed by atoms with van der Waals surface area (Å²) in [7, 11) is 0. The summed E-state index contributed by atoms with van der Waals surface area (Å²) in [4.78, 5) is 10.2. The number of hydrogen-bond acceptors (Lipinski definition) is 1. The summed E-state index contributed by atoms with van der Waals surface area (Å²) in [5, 5.41) is 8.37. The zero-order chi connectivity index (χ0) is 12.3. The van der Waals surface area contributed by atoms with Crippen molar-refractivity contribution in [3.63, 3.8) is 0 Å². The van der Waals surface area contributed by atoms with Crippen LogP contribution in [0.1, 0.15) is 12.0 Å². The molecule has 0 aromatic heterocycles. The number of aliphatic carboxylic acids is 1. The van der Waals surface area contributed by atoms with Crippen molar-refractivity contribution >= 4 is 5.97 Å². The van der Waals surface area contributed by atoms with E-state index in [1.807, 2.05) is 42.5 Å². The Labute approximate surface area is 133 Å². The largest absolute Gasteiger partial charge is 0.481 e. The fourth-order valence-corrected chi connectivity index (χ4v) is 1.18. The van der Waals surface area contributed by atoms with Crippen LogP contribution in [0.3, 0.4) is 0 Å². The monoisotopic (exact) mass is 315 g/mol. The summed E-state index contributed by atoms with van der Waals surface area (Å²) in [6.07, 6.45) is 0.800. The molecule has 0 heterocycles. The fraction of sp³-hybridized carbons (Fsp3) is 0.133. The Morgan fingerprint density at radius 1 is 1.00 bits per heavy atom. The van der Waals surface area contributed by atoms with E-state index in [0.717, 1.165) is 5.56 Å². The first kappa shape index (κ1) is 17.0. The van der Waals surface area contributed by atoms with Gasteiger partial charge in [0.2, 0.25) is 0 Å². The Balaban J connectivity index is 0.000000352. The van der Waals surface area contributed by atoms with Crippen molar-refractivity contribution in [2.45, 2.75) is 12.8 Å². The van der Waals surface area contributed by atoms with Gasteiger partial charge in [-0.2, -0.15) is 72.3 Å². The van der Waals surface area contributed by atoms with Gasteiger partial charge in [0.1, 0.15) is 0 Å². The maximum Gasteiger partial charge on any atom is 0.303 e. The van der Waals surface area contributed by atoms with Crippen molar-refractivity contribution in [2.24, 2.45) is 0 Å². The molecule has 2 aromatic carbocycles. The molecule has 0 spiro atoms. The van der Waals surface area contributed by atoms with E-state index in [9.17, 15) is 4.79 Å². The summed E-state index contributed by atoms with van der Waals surface area (Å²) in [5.41, 5.74) is 1.05. The van der Waals surface area contributed by atoms with Crippen LogP contribution in [0, 0.1) is 12.1 Å². The van der Waals surface area contributed by atoms with Crippen LogP contribution in [0.5, 0.6) is 0 Å². The Morgan fingerprint density at radius 2 is 1.56 bits per heavy atom. The summed E-state index contributed by atoms with van der Waals surface area (Å²) < 4.78 is 0. The average Bonchev–Trinajstić information content (AvgIpc) is 2.40. The molecule has 18 heavy (non-hydrogen) atoms. The number of rotatable bonds is 3. The molecule has 2 rings (SSSR count). The van der Waals surface area contributed by atoms with E-state index >= 15 is 0 Å². The Kier molecular flexibility index (Phi) is 10.5. The second-order valence-corrected chi connectivity index (χ2v) is 3.38. The molecule has 0 aliphatic rings. The van der Waals surface area contributed by atoms with Crippen molar-refractivity contribution in [3.05, 3.63) is 72.3 Å². The molecular formula is C15H14O2Y-2. The topological polar surface area (TPSA) is 37.3 Å². The van der Waals surface area contributed by atoms with Gasteiger partial charge in [-0.05, 0) is 6.42 Å². The molecule has 3 heteroatoms. The van der Waals surface area contributed by atoms with Gasteiger partial charge in [-0.15, -0.1) is 0 Å². The molecule has 2 aromatic rings. The first-order valence-electron chi connectivity index (χ1n) is 5.37. The van der Waals surface area contributed by atoms with E-state index in [4.69, 9.17) is 5.11 Å². The van der Waals surface area contributed by atoms with E-state index in [1.54, 1.807) is 12.1 Å². The van der Waals surface area contributed by atoms with E-state index in [0.29, 0.717) is 6.42 Å². The van der Waals surface area contributed by atoms with Crippen LogP contribution < -0.4 is 0 Å². The van der Waals surface area contributed by atoms with Crippen molar-refractivity contribution in [2.75, 3.05) is 0 Å². The van der Waals surface area contributed by atoms with E-state index < -0.39 is 5.97 Å². The number of benzene rings is 2. The van der Waals surface area contributed by atoms with Crippen molar-refractivity contribution < 1.29 is 42.6 Å². The predicted octanol–water partition coefficient (Wildman–Crippen LogP) is 2.99. The Hall–Kier alpha value is -0.986. The van der Waals surface area contributed by atoms with Crippen molar-refractivity contribution in [1.82, 2.24) is 0 Å². The van der Waals surface area contributed by atoms with Gasteiger partial charge in [-0.25, -0.2) is 0 Å². The van der Waals surface area contributed by atoms with Crippen LogP contribution in [0.2, 0.25) is 0 Å². The first-order valence-corrected chi connectivity index (χ1v) is 5.37. The van der Waals surface area contributed by atoms with Gasteiger partial charge in [-0.3, -0.25) is 4.79 Å². The zero-order valence-corrected chi connectivity index (χ0v) is 12.9. The molecule has 1 radical (unpaired) electrons. The summed E-state index contributed by atoms with van der Waals surface area (Å²) in [6.45, 7) is 0. The molecule has 0 aliphatic heterocycles. The van der Waals surface area contributed by atoms with Gasteiger partial charge >= 0.3 is 5.97 Å². The normalized spacial score (nSPS) is 8.44. The van der Waals surface area contributed by atoms with Gasteiger partial charge in [0.25, 0.3) is 0 Å². The smallest absolute Gasteiger partial charge is 0.303 e. The minimum Gasteiger partial charge on any atom is -0.481 e. The molecule has 0 saturated carbocycles. The summed E-state index contributed by atoms with van der Waals surface area (Å²) in [5.74, 6) is -0.752. The van der Waals surface area contributed by atoms with Crippen LogP contribution in [-0.4, -0.2) is 11.1 Å². The molecule has 0 aliphatic carbocycles. The second kappa shape index (κ2) is 11.1. The molecular weight excluding hydrogens is 301 g/mol. The number of carboxylic acid groups (broad SMARTS) is 1. The van der Waals surface area contributed by atoms with Gasteiger partial charge < -0.3 is 5.11 Å². The van der Waals surface area contributed by atoms with Gasteiger partial charge in [-0.1, -0.05) is 0 Å². The third kappa shape index (κ3) is 9.09. The maximum atomic E-state index is 10.2. The van der Waals surface area contributed by atoms with Crippen LogP contribution in [-0.2, 0) is 43.9 Å². The van der Waals surface area contributed by atoms with Crippen molar-refractivity contribution in [3.8, 4) is 0 Å². The van der Waals surface area contributed by atoms with Crippen LogP contribution in [0.15, 0.2) is 54.6 Å². The fourth-order valence-electron chi connectivity index (χ4n) is 1.18. The predicted molar refractivity (Wildman–Crippen MR) is 66.5 cm³/mol. The van der Waals surface area contributed by atoms with E-state index in [1.165, 1.54) is 0 Å². The molecule has 0 unspecified atom stereocenters. The molecule has 0 atom stereocenters. The van der Waals surface area contributed by atoms with Crippen molar-refractivity contribution in [1.29, 1.82) is 0 Å². The molecule has 0 amide bonds. The van der Waals surface area contributed by atoms with Crippen LogP contribution in [0.25, 0.3) is 0 Å². The molecule has 0 bridgehead atoms. The van der Waals surface area contributed by atoms with Gasteiger partial charge in [0.05, 0.1) is 0 Å². The number of hydrogen-bond donors (Lipinski definition) is 1. The van der Waals surface area contributed by atoms with Gasteiger partial charge in [0.15, 0.2) is 0 Å². The number of aryl methyl sites for hydroxylation is 1.